The average Bonchev–Trinajstić information content (AvgIpc) is 3.16. The van der Waals surface area contributed by atoms with Crippen LogP contribution in [-0.4, -0.2) is 38.7 Å². The zero-order valence-corrected chi connectivity index (χ0v) is 16.1. The van der Waals surface area contributed by atoms with E-state index in [1.165, 1.54) is 6.08 Å². The van der Waals surface area contributed by atoms with Crippen LogP contribution in [0.3, 0.4) is 0 Å². The van der Waals surface area contributed by atoms with Crippen molar-refractivity contribution in [3.05, 3.63) is 82.9 Å². The van der Waals surface area contributed by atoms with Crippen molar-refractivity contribution in [2.75, 3.05) is 13.1 Å². The van der Waals surface area contributed by atoms with Crippen molar-refractivity contribution >= 4 is 27.6 Å². The second kappa shape index (κ2) is 6.44. The molecule has 6 heteroatoms. The summed E-state index contributed by atoms with van der Waals surface area (Å²) in [7, 11) is 0. The maximum Gasteiger partial charge on any atom is 0.262 e. The summed E-state index contributed by atoms with van der Waals surface area (Å²) in [6, 6.07) is 11.9. The monoisotopic (exact) mass is 384 g/mol. The Bertz CT molecular complexity index is 1340. The van der Waals surface area contributed by atoms with Crippen LogP contribution in [0.15, 0.2) is 66.2 Å². The van der Waals surface area contributed by atoms with Gasteiger partial charge in [-0.3, -0.25) is 19.3 Å². The standard InChI is InChI=1S/C23H20N4O2/c1-3-21(28)26-12-17(13-26)15-5-6-18-16(10-15)8-9-27(23(18)29)22-14(2)4-7-20-19(22)11-24-25-20/h3-11,17H,1,12-13H2,2H3,(H,24,25). The van der Waals surface area contributed by atoms with Crippen LogP contribution in [0.2, 0.25) is 0 Å². The molecule has 0 saturated carbocycles. The van der Waals surface area contributed by atoms with E-state index in [1.54, 1.807) is 15.7 Å². The third-order valence-corrected chi connectivity index (χ3v) is 5.81. The Morgan fingerprint density at radius 2 is 2.03 bits per heavy atom. The lowest BCUT2D eigenvalue weighted by Crippen LogP contribution is -2.47. The number of likely N-dealkylation sites (tertiary alicyclic amines) is 1. The molecule has 1 amide bonds. The lowest BCUT2D eigenvalue weighted by Gasteiger charge is -2.39. The van der Waals surface area contributed by atoms with Gasteiger partial charge in [0.1, 0.15) is 0 Å². The minimum absolute atomic E-state index is 0.0336. The molecule has 0 radical (unpaired) electrons. The molecule has 0 spiro atoms. The molecule has 1 aliphatic heterocycles. The molecule has 144 valence electrons. The number of benzene rings is 2. The van der Waals surface area contributed by atoms with Crippen molar-refractivity contribution in [3.8, 4) is 5.69 Å². The normalized spacial score (nSPS) is 14.3. The molecule has 1 N–H and O–H groups in total. The zero-order chi connectivity index (χ0) is 20.1. The van der Waals surface area contributed by atoms with Crippen LogP contribution in [-0.2, 0) is 4.79 Å². The van der Waals surface area contributed by atoms with Crippen LogP contribution < -0.4 is 5.56 Å². The van der Waals surface area contributed by atoms with Gasteiger partial charge in [0, 0.05) is 36.0 Å². The Labute approximate surface area is 167 Å². The van der Waals surface area contributed by atoms with Crippen LogP contribution in [0.5, 0.6) is 0 Å². The summed E-state index contributed by atoms with van der Waals surface area (Å²) in [5.74, 6) is 0.265. The summed E-state index contributed by atoms with van der Waals surface area (Å²) in [5.41, 5.74) is 3.86. The van der Waals surface area contributed by atoms with Gasteiger partial charge in [0.15, 0.2) is 0 Å². The predicted octanol–water partition coefficient (Wildman–Crippen LogP) is 3.29. The lowest BCUT2D eigenvalue weighted by molar-refractivity contribution is -0.130. The van der Waals surface area contributed by atoms with Gasteiger partial charge in [-0.25, -0.2) is 0 Å². The third-order valence-electron chi connectivity index (χ3n) is 5.81. The first kappa shape index (κ1) is 17.4. The number of H-pyrrole nitrogens is 1. The highest BCUT2D eigenvalue weighted by atomic mass is 16.2. The van der Waals surface area contributed by atoms with E-state index < -0.39 is 0 Å². The number of aromatic nitrogens is 3. The van der Waals surface area contributed by atoms with Crippen molar-refractivity contribution in [2.45, 2.75) is 12.8 Å². The van der Waals surface area contributed by atoms with Gasteiger partial charge in [-0.1, -0.05) is 24.8 Å². The smallest absolute Gasteiger partial charge is 0.262 e. The van der Waals surface area contributed by atoms with E-state index in [0.29, 0.717) is 24.4 Å². The average molecular weight is 384 g/mol. The molecule has 0 bridgehead atoms. The molecule has 0 atom stereocenters. The van der Waals surface area contributed by atoms with Gasteiger partial charge in [0.25, 0.3) is 5.56 Å². The maximum absolute atomic E-state index is 13.3. The van der Waals surface area contributed by atoms with Crippen molar-refractivity contribution in [1.29, 1.82) is 0 Å². The molecule has 0 unspecified atom stereocenters. The number of rotatable bonds is 3. The largest absolute Gasteiger partial charge is 0.338 e. The number of carbonyl (C=O) groups is 1. The topological polar surface area (TPSA) is 71.0 Å². The SMILES string of the molecule is C=CC(=O)N1CC(c2ccc3c(=O)n(-c4c(C)ccc5[nH]ncc45)ccc3c2)C1. The van der Waals surface area contributed by atoms with E-state index in [0.717, 1.165) is 33.1 Å². The Hall–Kier alpha value is -3.67. The molecule has 3 heterocycles. The first-order valence-corrected chi connectivity index (χ1v) is 9.56. The minimum atomic E-state index is -0.0529. The number of amides is 1. The Morgan fingerprint density at radius 1 is 1.21 bits per heavy atom. The summed E-state index contributed by atoms with van der Waals surface area (Å²) in [6.07, 6.45) is 4.93. The van der Waals surface area contributed by atoms with E-state index in [1.807, 2.05) is 43.5 Å². The number of pyridine rings is 1. The molecule has 2 aromatic heterocycles. The summed E-state index contributed by atoms with van der Waals surface area (Å²) in [4.78, 5) is 26.7. The van der Waals surface area contributed by atoms with Gasteiger partial charge >= 0.3 is 0 Å². The first-order valence-electron chi connectivity index (χ1n) is 9.56. The molecule has 4 aromatic rings. The zero-order valence-electron chi connectivity index (χ0n) is 16.1. The first-order chi connectivity index (χ1) is 14.1. The molecule has 1 fully saturated rings. The number of nitrogens with zero attached hydrogens (tertiary/aromatic N) is 3. The number of fused-ring (bicyclic) bond motifs is 2. The van der Waals surface area contributed by atoms with Crippen LogP contribution in [0.4, 0.5) is 0 Å². The second-order valence-corrected chi connectivity index (χ2v) is 7.54. The Kier molecular flexibility index (Phi) is 3.87. The van der Waals surface area contributed by atoms with E-state index in [-0.39, 0.29) is 11.5 Å². The van der Waals surface area contributed by atoms with Gasteiger partial charge in [0.2, 0.25) is 5.91 Å². The van der Waals surface area contributed by atoms with Crippen LogP contribution in [0.25, 0.3) is 27.4 Å². The molecule has 1 aliphatic rings. The van der Waals surface area contributed by atoms with E-state index >= 15 is 0 Å². The van der Waals surface area contributed by atoms with Gasteiger partial charge in [-0.15, -0.1) is 0 Å². The highest BCUT2D eigenvalue weighted by molar-refractivity contribution is 5.90. The number of nitrogens with one attached hydrogen (secondary N) is 1. The Balaban J connectivity index is 1.56. The van der Waals surface area contributed by atoms with Crippen LogP contribution in [0.1, 0.15) is 17.0 Å². The van der Waals surface area contributed by atoms with Crippen molar-refractivity contribution < 1.29 is 4.79 Å². The molecule has 0 aliphatic carbocycles. The number of hydrogen-bond donors (Lipinski definition) is 1. The lowest BCUT2D eigenvalue weighted by atomic mass is 9.90. The fraction of sp³-hybridized carbons (Fsp3) is 0.174. The quantitative estimate of drug-likeness (QED) is 0.551. The fourth-order valence-corrected chi connectivity index (χ4v) is 4.13. The minimum Gasteiger partial charge on any atom is -0.338 e. The summed E-state index contributed by atoms with van der Waals surface area (Å²) in [5, 5.41) is 9.59. The number of carbonyl (C=O) groups excluding carboxylic acids is 1. The number of aromatic amines is 1. The molecule has 2 aromatic carbocycles. The molecular formula is C23H20N4O2. The van der Waals surface area contributed by atoms with Crippen molar-refractivity contribution in [3.63, 3.8) is 0 Å². The third kappa shape index (κ3) is 2.68. The summed E-state index contributed by atoms with van der Waals surface area (Å²) in [6.45, 7) is 6.91. The molecule has 29 heavy (non-hydrogen) atoms. The van der Waals surface area contributed by atoms with Gasteiger partial charge in [-0.05, 0) is 47.7 Å². The van der Waals surface area contributed by atoms with E-state index in [9.17, 15) is 9.59 Å². The van der Waals surface area contributed by atoms with Gasteiger partial charge in [-0.2, -0.15) is 5.10 Å². The second-order valence-electron chi connectivity index (χ2n) is 7.54. The van der Waals surface area contributed by atoms with Crippen molar-refractivity contribution in [1.82, 2.24) is 19.7 Å². The maximum atomic E-state index is 13.3. The number of hydrogen-bond acceptors (Lipinski definition) is 3. The number of aryl methyl sites for hydroxylation is 1. The molecule has 6 nitrogen and oxygen atoms in total. The summed E-state index contributed by atoms with van der Waals surface area (Å²) >= 11 is 0. The highest BCUT2D eigenvalue weighted by Gasteiger charge is 2.30. The summed E-state index contributed by atoms with van der Waals surface area (Å²) < 4.78 is 1.70. The van der Waals surface area contributed by atoms with Gasteiger partial charge in [0.05, 0.1) is 17.4 Å². The van der Waals surface area contributed by atoms with Crippen molar-refractivity contribution in [2.24, 2.45) is 0 Å². The molecule has 5 rings (SSSR count). The van der Waals surface area contributed by atoms with Gasteiger partial charge < -0.3 is 4.90 Å². The fourth-order valence-electron chi connectivity index (χ4n) is 4.13. The molecular weight excluding hydrogens is 364 g/mol. The van der Waals surface area contributed by atoms with Crippen LogP contribution in [0, 0.1) is 6.92 Å². The molecule has 1 saturated heterocycles. The van der Waals surface area contributed by atoms with E-state index in [4.69, 9.17) is 0 Å². The van der Waals surface area contributed by atoms with E-state index in [2.05, 4.69) is 22.8 Å². The van der Waals surface area contributed by atoms with Crippen LogP contribution >= 0.6 is 0 Å². The predicted molar refractivity (Wildman–Crippen MR) is 113 cm³/mol. The Morgan fingerprint density at radius 3 is 2.83 bits per heavy atom. The highest BCUT2D eigenvalue weighted by Crippen LogP contribution is 2.29.